The highest BCUT2D eigenvalue weighted by Gasteiger charge is 2.20. The van der Waals surface area contributed by atoms with Gasteiger partial charge in [0, 0.05) is 43.5 Å². The van der Waals surface area contributed by atoms with Crippen molar-refractivity contribution >= 4 is 23.1 Å². The Labute approximate surface area is 199 Å². The number of aromatic nitrogens is 2. The fraction of sp³-hybridized carbons (Fsp3) is 0.308. The largest absolute Gasteiger partial charge is 0.398 e. The second-order valence-corrected chi connectivity index (χ2v) is 8.13. The van der Waals surface area contributed by atoms with Gasteiger partial charge in [-0.05, 0) is 49.2 Å². The minimum Gasteiger partial charge on any atom is -0.398 e. The number of nitrogens with two attached hydrogens (primary N) is 2. The summed E-state index contributed by atoms with van der Waals surface area (Å²) in [5.41, 5.74) is 11.3. The third-order valence-corrected chi connectivity index (χ3v) is 6.12. The smallest absolute Gasteiger partial charge is 0.253 e. The first kappa shape index (κ1) is 23.4. The van der Waals surface area contributed by atoms with E-state index in [0.717, 1.165) is 30.0 Å². The Bertz CT molecular complexity index is 1170. The van der Waals surface area contributed by atoms with E-state index in [1.54, 1.807) is 4.90 Å². The Morgan fingerprint density at radius 3 is 2.38 bits per heavy atom. The monoisotopic (exact) mass is 459 g/mol. The highest BCUT2D eigenvalue weighted by Crippen LogP contribution is 2.26. The van der Waals surface area contributed by atoms with Crippen molar-refractivity contribution in [1.29, 1.82) is 0 Å². The highest BCUT2D eigenvalue weighted by atomic mass is 16.5. The third kappa shape index (κ3) is 4.92. The zero-order chi connectivity index (χ0) is 24.1. The van der Waals surface area contributed by atoms with Gasteiger partial charge < -0.3 is 20.3 Å². The van der Waals surface area contributed by atoms with Gasteiger partial charge in [-0.2, -0.15) is 0 Å². The van der Waals surface area contributed by atoms with Gasteiger partial charge in [-0.15, -0.1) is 0 Å². The van der Waals surface area contributed by atoms with Gasteiger partial charge in [-0.1, -0.05) is 18.2 Å². The number of nitrogen functional groups attached to an aromatic ring is 1. The molecular formula is C26H31N6O2+. The standard InChI is InChI=1S/C26H30N6O2/c1-3-31(4-2)26(33)19-7-5-18(6-8-19)20-9-10-22(27)21(15-20)25(28)23-16-24(30-17-29-23)32-11-13-34-14-12-32/h5-10,15-17,28H,3-4,11-14,27H2,1-2H3/p+1. The van der Waals surface area contributed by atoms with Crippen LogP contribution >= 0.6 is 0 Å². The first-order chi connectivity index (χ1) is 16.5. The number of benzene rings is 2. The highest BCUT2D eigenvalue weighted by molar-refractivity contribution is 6.11. The van der Waals surface area contributed by atoms with Crippen LogP contribution in [0.4, 0.5) is 11.5 Å². The molecule has 8 nitrogen and oxygen atoms in total. The number of hydrogen-bond acceptors (Lipinski definition) is 6. The molecule has 2 heterocycles. The lowest BCUT2D eigenvalue weighted by Crippen LogP contribution is -2.42. The molecular weight excluding hydrogens is 428 g/mol. The van der Waals surface area contributed by atoms with Crippen LogP contribution in [0.2, 0.25) is 0 Å². The fourth-order valence-electron chi connectivity index (χ4n) is 4.07. The second kappa shape index (κ2) is 10.4. The van der Waals surface area contributed by atoms with Crippen molar-refractivity contribution in [3.05, 3.63) is 71.7 Å². The minimum absolute atomic E-state index is 0.0342. The maximum atomic E-state index is 12.6. The van der Waals surface area contributed by atoms with Crippen LogP contribution < -0.4 is 16.0 Å². The molecule has 0 aliphatic carbocycles. The summed E-state index contributed by atoms with van der Waals surface area (Å²) in [4.78, 5) is 25.4. The van der Waals surface area contributed by atoms with Gasteiger partial charge in [0.05, 0.1) is 18.8 Å². The van der Waals surface area contributed by atoms with E-state index in [1.807, 2.05) is 62.4 Å². The van der Waals surface area contributed by atoms with Crippen molar-refractivity contribution in [1.82, 2.24) is 14.9 Å². The van der Waals surface area contributed by atoms with E-state index in [-0.39, 0.29) is 5.91 Å². The van der Waals surface area contributed by atoms with Crippen LogP contribution in [0.15, 0.2) is 54.9 Å². The lowest BCUT2D eigenvalue weighted by atomic mass is 9.97. The molecule has 1 amide bonds. The van der Waals surface area contributed by atoms with E-state index in [1.165, 1.54) is 6.33 Å². The molecule has 4 N–H and O–H groups in total. The van der Waals surface area contributed by atoms with E-state index in [4.69, 9.17) is 15.9 Å². The summed E-state index contributed by atoms with van der Waals surface area (Å²) in [6, 6.07) is 15.3. The van der Waals surface area contributed by atoms with Crippen LogP contribution in [0.5, 0.6) is 0 Å². The van der Waals surface area contributed by atoms with E-state index in [2.05, 4.69) is 14.9 Å². The number of carbonyl (C=O) groups is 1. The molecule has 1 fully saturated rings. The molecule has 1 aliphatic heterocycles. The van der Waals surface area contributed by atoms with Crippen molar-refractivity contribution in [3.63, 3.8) is 0 Å². The number of amides is 1. The van der Waals surface area contributed by atoms with Gasteiger partial charge in [0.15, 0.2) is 0 Å². The molecule has 2 aromatic carbocycles. The van der Waals surface area contributed by atoms with Crippen molar-refractivity contribution in [3.8, 4) is 11.1 Å². The van der Waals surface area contributed by atoms with E-state index in [0.29, 0.717) is 54.5 Å². The zero-order valence-corrected chi connectivity index (χ0v) is 19.7. The van der Waals surface area contributed by atoms with Crippen LogP contribution in [-0.2, 0) is 4.74 Å². The number of morpholine rings is 1. The van der Waals surface area contributed by atoms with Crippen molar-refractivity contribution in [2.24, 2.45) is 0 Å². The van der Waals surface area contributed by atoms with Crippen LogP contribution in [0.25, 0.3) is 11.1 Å². The Morgan fingerprint density at radius 2 is 1.71 bits per heavy atom. The van der Waals surface area contributed by atoms with E-state index >= 15 is 0 Å². The Morgan fingerprint density at radius 1 is 1.03 bits per heavy atom. The normalized spacial score (nSPS) is 13.5. The quantitative estimate of drug-likeness (QED) is 0.411. The van der Waals surface area contributed by atoms with Gasteiger partial charge >= 0.3 is 0 Å². The van der Waals surface area contributed by atoms with Crippen molar-refractivity contribution < 1.29 is 14.9 Å². The molecule has 1 aromatic heterocycles. The molecule has 3 aromatic rings. The number of anilines is 2. The van der Waals surface area contributed by atoms with Gasteiger partial charge in [0.2, 0.25) is 5.71 Å². The Kier molecular flexibility index (Phi) is 7.18. The summed E-state index contributed by atoms with van der Waals surface area (Å²) in [5, 5.41) is 6.54. The van der Waals surface area contributed by atoms with Crippen LogP contribution in [0, 0.1) is 0 Å². The molecule has 0 atom stereocenters. The molecule has 1 aliphatic rings. The van der Waals surface area contributed by atoms with E-state index < -0.39 is 0 Å². The Hall–Kier alpha value is -3.78. The summed E-state index contributed by atoms with van der Waals surface area (Å²) in [6.45, 7) is 8.23. The maximum Gasteiger partial charge on any atom is 0.253 e. The SMILES string of the molecule is CCN(CC)C(=O)c1ccc(-c2ccc(N)c(C(=[NH2+])c3cc(N4CCOCC4)ncn3)c2)cc1. The minimum atomic E-state index is 0.0342. The lowest BCUT2D eigenvalue weighted by molar-refractivity contribution is -0.111. The van der Waals surface area contributed by atoms with Gasteiger partial charge in [-0.3, -0.25) is 10.2 Å². The molecule has 0 saturated carbocycles. The lowest BCUT2D eigenvalue weighted by Gasteiger charge is -2.27. The van der Waals surface area contributed by atoms with E-state index in [9.17, 15) is 4.79 Å². The molecule has 0 unspecified atom stereocenters. The molecule has 176 valence electrons. The predicted octanol–water partition coefficient (Wildman–Crippen LogP) is 1.64. The van der Waals surface area contributed by atoms with Crippen molar-refractivity contribution in [2.75, 3.05) is 50.0 Å². The van der Waals surface area contributed by atoms with Gasteiger partial charge in [-0.25, -0.2) is 9.97 Å². The number of nitrogens with zero attached hydrogens (tertiary/aromatic N) is 4. The summed E-state index contributed by atoms with van der Waals surface area (Å²) in [6.07, 6.45) is 1.53. The van der Waals surface area contributed by atoms with Crippen LogP contribution in [0.3, 0.4) is 0 Å². The fourth-order valence-corrected chi connectivity index (χ4v) is 4.07. The first-order valence-corrected chi connectivity index (χ1v) is 11.6. The van der Waals surface area contributed by atoms with Gasteiger partial charge in [0.25, 0.3) is 5.91 Å². The zero-order valence-electron chi connectivity index (χ0n) is 19.7. The third-order valence-electron chi connectivity index (χ3n) is 6.12. The molecule has 34 heavy (non-hydrogen) atoms. The number of ether oxygens (including phenoxy) is 1. The average molecular weight is 460 g/mol. The van der Waals surface area contributed by atoms with Crippen molar-refractivity contribution in [2.45, 2.75) is 13.8 Å². The molecule has 4 rings (SSSR count). The average Bonchev–Trinajstić information content (AvgIpc) is 2.90. The summed E-state index contributed by atoms with van der Waals surface area (Å²) in [5.74, 6) is 0.853. The van der Waals surface area contributed by atoms with Gasteiger partial charge in [0.1, 0.15) is 17.8 Å². The summed E-state index contributed by atoms with van der Waals surface area (Å²) >= 11 is 0. The van der Waals surface area contributed by atoms with Crippen LogP contribution in [-0.4, -0.2) is 65.9 Å². The molecule has 0 radical (unpaired) electrons. The predicted molar refractivity (Wildman–Crippen MR) is 134 cm³/mol. The molecule has 8 heteroatoms. The number of hydrogen-bond donors (Lipinski definition) is 2. The molecule has 0 spiro atoms. The number of rotatable bonds is 7. The second-order valence-electron chi connectivity index (χ2n) is 8.13. The van der Waals surface area contributed by atoms with Crippen LogP contribution in [0.1, 0.15) is 35.5 Å². The maximum absolute atomic E-state index is 12.6. The Balaban J connectivity index is 1.59. The molecule has 1 saturated heterocycles. The molecule has 0 bridgehead atoms. The number of carbonyl (C=O) groups excluding carboxylic acids is 1. The summed E-state index contributed by atoms with van der Waals surface area (Å²) in [7, 11) is 0. The summed E-state index contributed by atoms with van der Waals surface area (Å²) < 4.78 is 5.43. The first-order valence-electron chi connectivity index (χ1n) is 11.6. The topological polar surface area (TPSA) is 110 Å².